The van der Waals surface area contributed by atoms with Crippen molar-refractivity contribution in [1.29, 1.82) is 0 Å². The van der Waals surface area contributed by atoms with Crippen LogP contribution in [0.2, 0.25) is 0 Å². The van der Waals surface area contributed by atoms with Crippen LogP contribution >= 0.6 is 0 Å². The van der Waals surface area contributed by atoms with Crippen LogP contribution in [-0.4, -0.2) is 53.8 Å². The summed E-state index contributed by atoms with van der Waals surface area (Å²) in [5, 5.41) is 5.96. The molecule has 1 aliphatic rings. The zero-order valence-electron chi connectivity index (χ0n) is 15.4. The van der Waals surface area contributed by atoms with Crippen LogP contribution in [0.15, 0.2) is 59.4 Å². The fraction of sp³-hybridized carbons (Fsp3) is 0.286. The van der Waals surface area contributed by atoms with Crippen molar-refractivity contribution in [2.24, 2.45) is 0 Å². The van der Waals surface area contributed by atoms with Crippen molar-refractivity contribution in [1.82, 2.24) is 14.7 Å². The SMILES string of the molecule is C[NH+]1CCN(C(=O)Cn2nc(-c3ccccc3)c3ccccc3c2=O)CC1. The third kappa shape index (κ3) is 3.48. The van der Waals surface area contributed by atoms with E-state index in [1.807, 2.05) is 53.4 Å². The normalized spacial score (nSPS) is 15.2. The second-order valence-electron chi connectivity index (χ2n) is 7.06. The van der Waals surface area contributed by atoms with Crippen LogP contribution in [0.5, 0.6) is 0 Å². The lowest BCUT2D eigenvalue weighted by Gasteiger charge is -2.30. The van der Waals surface area contributed by atoms with E-state index >= 15 is 0 Å². The van der Waals surface area contributed by atoms with Crippen LogP contribution < -0.4 is 10.5 Å². The number of carbonyl (C=O) groups is 1. The molecule has 2 aromatic carbocycles. The topological polar surface area (TPSA) is 59.6 Å². The highest BCUT2D eigenvalue weighted by atomic mass is 16.2. The number of hydrogen-bond donors (Lipinski definition) is 1. The van der Waals surface area contributed by atoms with Gasteiger partial charge in [-0.2, -0.15) is 5.10 Å². The summed E-state index contributed by atoms with van der Waals surface area (Å²) >= 11 is 0. The number of nitrogens with one attached hydrogen (secondary N) is 1. The Bertz CT molecular complexity index is 1020. The number of quaternary nitrogens is 1. The zero-order valence-corrected chi connectivity index (χ0v) is 15.4. The van der Waals surface area contributed by atoms with Gasteiger partial charge in [0, 0.05) is 10.9 Å². The summed E-state index contributed by atoms with van der Waals surface area (Å²) in [5.74, 6) is -0.0496. The number of hydrogen-bond acceptors (Lipinski definition) is 3. The van der Waals surface area contributed by atoms with Gasteiger partial charge in [-0.05, 0) is 6.07 Å². The van der Waals surface area contributed by atoms with Crippen LogP contribution in [0.3, 0.4) is 0 Å². The number of fused-ring (bicyclic) bond motifs is 1. The highest BCUT2D eigenvalue weighted by Gasteiger charge is 2.22. The Morgan fingerprint density at radius 3 is 2.33 bits per heavy atom. The van der Waals surface area contributed by atoms with Crippen LogP contribution in [0.1, 0.15) is 0 Å². The molecule has 0 aliphatic carbocycles. The lowest BCUT2D eigenvalue weighted by atomic mass is 10.1. The number of rotatable bonds is 3. The molecular weight excluding hydrogens is 340 g/mol. The van der Waals surface area contributed by atoms with Gasteiger partial charge in [0.25, 0.3) is 5.56 Å². The summed E-state index contributed by atoms with van der Waals surface area (Å²) in [7, 11) is 2.13. The average molecular weight is 363 g/mol. The second kappa shape index (κ2) is 7.32. The number of carbonyl (C=O) groups excluding carboxylic acids is 1. The fourth-order valence-corrected chi connectivity index (χ4v) is 3.52. The van der Waals surface area contributed by atoms with Crippen molar-refractivity contribution < 1.29 is 9.69 Å². The standard InChI is InChI=1S/C21H22N4O2/c1-23-11-13-24(14-12-23)19(26)15-25-21(27)18-10-6-5-9-17(18)20(22-25)16-7-3-2-4-8-16/h2-10H,11-15H2,1H3/p+1. The van der Waals surface area contributed by atoms with E-state index in [1.54, 1.807) is 6.07 Å². The minimum atomic E-state index is -0.224. The van der Waals surface area contributed by atoms with E-state index in [0.717, 1.165) is 42.8 Å². The van der Waals surface area contributed by atoms with Crippen LogP contribution in [0, 0.1) is 0 Å². The molecule has 0 radical (unpaired) electrons. The van der Waals surface area contributed by atoms with E-state index in [9.17, 15) is 9.59 Å². The number of benzene rings is 2. The summed E-state index contributed by atoms with van der Waals surface area (Å²) in [4.78, 5) is 28.9. The van der Waals surface area contributed by atoms with Gasteiger partial charge < -0.3 is 9.80 Å². The molecule has 138 valence electrons. The molecule has 0 spiro atoms. The number of aromatic nitrogens is 2. The maximum atomic E-state index is 12.9. The van der Waals surface area contributed by atoms with E-state index in [4.69, 9.17) is 0 Å². The lowest BCUT2D eigenvalue weighted by molar-refractivity contribution is -0.883. The smallest absolute Gasteiger partial charge is 0.275 e. The summed E-state index contributed by atoms with van der Waals surface area (Å²) in [6.07, 6.45) is 0. The van der Waals surface area contributed by atoms with Crippen molar-refractivity contribution >= 4 is 16.7 Å². The Kier molecular flexibility index (Phi) is 4.73. The van der Waals surface area contributed by atoms with E-state index in [-0.39, 0.29) is 18.0 Å². The molecule has 1 N–H and O–H groups in total. The second-order valence-corrected chi connectivity index (χ2v) is 7.06. The van der Waals surface area contributed by atoms with Crippen molar-refractivity contribution in [3.8, 4) is 11.3 Å². The molecule has 3 aromatic rings. The number of likely N-dealkylation sites (N-methyl/N-ethyl adjacent to an activating group) is 1. The molecule has 1 amide bonds. The first-order valence-electron chi connectivity index (χ1n) is 9.28. The highest BCUT2D eigenvalue weighted by molar-refractivity contribution is 5.93. The fourth-order valence-electron chi connectivity index (χ4n) is 3.52. The third-order valence-electron chi connectivity index (χ3n) is 5.17. The molecule has 6 nitrogen and oxygen atoms in total. The molecular formula is C21H23N4O2+. The number of nitrogens with zero attached hydrogens (tertiary/aromatic N) is 3. The molecule has 2 heterocycles. The molecule has 27 heavy (non-hydrogen) atoms. The Balaban J connectivity index is 1.74. The molecule has 0 saturated carbocycles. The third-order valence-corrected chi connectivity index (χ3v) is 5.17. The maximum absolute atomic E-state index is 12.9. The average Bonchev–Trinajstić information content (AvgIpc) is 2.71. The molecule has 0 atom stereocenters. The highest BCUT2D eigenvalue weighted by Crippen LogP contribution is 2.24. The largest absolute Gasteiger partial charge is 0.334 e. The molecule has 0 bridgehead atoms. The van der Waals surface area contributed by atoms with E-state index in [1.165, 1.54) is 9.58 Å². The van der Waals surface area contributed by atoms with Crippen molar-refractivity contribution in [2.75, 3.05) is 33.2 Å². The number of amides is 1. The summed E-state index contributed by atoms with van der Waals surface area (Å²) in [6.45, 7) is 3.28. The minimum absolute atomic E-state index is 0.0252. The van der Waals surface area contributed by atoms with Gasteiger partial charge in [-0.3, -0.25) is 9.59 Å². The van der Waals surface area contributed by atoms with Crippen LogP contribution in [0.25, 0.3) is 22.0 Å². The molecule has 1 aliphatic heterocycles. The van der Waals surface area contributed by atoms with Crippen LogP contribution in [0.4, 0.5) is 0 Å². The molecule has 4 rings (SSSR count). The van der Waals surface area contributed by atoms with Gasteiger partial charge in [-0.25, -0.2) is 4.68 Å². The number of piperazine rings is 1. The van der Waals surface area contributed by atoms with Crippen LogP contribution in [-0.2, 0) is 11.3 Å². The molecule has 6 heteroatoms. The summed E-state index contributed by atoms with van der Waals surface area (Å²) in [5.41, 5.74) is 1.43. The first kappa shape index (κ1) is 17.4. The Morgan fingerprint density at radius 2 is 1.63 bits per heavy atom. The van der Waals surface area contributed by atoms with Gasteiger partial charge in [0.05, 0.1) is 44.3 Å². The van der Waals surface area contributed by atoms with E-state index in [2.05, 4.69) is 12.1 Å². The Labute approximate surface area is 157 Å². The quantitative estimate of drug-likeness (QED) is 0.734. The predicted octanol–water partition coefficient (Wildman–Crippen LogP) is 0.420. The van der Waals surface area contributed by atoms with Gasteiger partial charge in [0.1, 0.15) is 6.54 Å². The Hall–Kier alpha value is -2.99. The van der Waals surface area contributed by atoms with Gasteiger partial charge in [0.2, 0.25) is 5.91 Å². The molecule has 0 unspecified atom stereocenters. The van der Waals surface area contributed by atoms with E-state index < -0.39 is 0 Å². The summed E-state index contributed by atoms with van der Waals surface area (Å²) < 4.78 is 1.32. The lowest BCUT2D eigenvalue weighted by Crippen LogP contribution is -3.12. The monoisotopic (exact) mass is 363 g/mol. The van der Waals surface area contributed by atoms with Gasteiger partial charge in [0.15, 0.2) is 0 Å². The van der Waals surface area contributed by atoms with Crippen molar-refractivity contribution in [3.63, 3.8) is 0 Å². The van der Waals surface area contributed by atoms with Crippen molar-refractivity contribution in [3.05, 3.63) is 65.0 Å². The Morgan fingerprint density at radius 1 is 1.00 bits per heavy atom. The molecule has 1 aromatic heterocycles. The predicted molar refractivity (Wildman–Crippen MR) is 105 cm³/mol. The minimum Gasteiger partial charge on any atom is -0.334 e. The van der Waals surface area contributed by atoms with Gasteiger partial charge >= 0.3 is 0 Å². The zero-order chi connectivity index (χ0) is 18.8. The maximum Gasteiger partial charge on any atom is 0.275 e. The van der Waals surface area contributed by atoms with E-state index in [0.29, 0.717) is 5.39 Å². The van der Waals surface area contributed by atoms with Gasteiger partial charge in [-0.15, -0.1) is 0 Å². The first-order chi connectivity index (χ1) is 13.1. The van der Waals surface area contributed by atoms with Gasteiger partial charge in [-0.1, -0.05) is 48.5 Å². The molecule has 1 fully saturated rings. The molecule has 1 saturated heterocycles. The first-order valence-corrected chi connectivity index (χ1v) is 9.28. The summed E-state index contributed by atoms with van der Waals surface area (Å²) in [6, 6.07) is 17.2. The van der Waals surface area contributed by atoms with Crippen molar-refractivity contribution in [2.45, 2.75) is 6.54 Å².